The van der Waals surface area contributed by atoms with Crippen LogP contribution in [0.3, 0.4) is 0 Å². The highest BCUT2D eigenvalue weighted by molar-refractivity contribution is 5.96. The molecule has 21 heavy (non-hydrogen) atoms. The number of amides is 1. The van der Waals surface area contributed by atoms with Crippen molar-refractivity contribution < 1.29 is 9.53 Å². The van der Waals surface area contributed by atoms with Gasteiger partial charge in [-0.1, -0.05) is 24.3 Å². The lowest BCUT2D eigenvalue weighted by Crippen LogP contribution is -2.26. The third-order valence-corrected chi connectivity index (χ3v) is 3.11. The summed E-state index contributed by atoms with van der Waals surface area (Å²) in [6.07, 6.45) is 0.767. The number of benzene rings is 2. The van der Waals surface area contributed by atoms with E-state index in [1.165, 1.54) is 0 Å². The quantitative estimate of drug-likeness (QED) is 0.801. The fraction of sp³-hybridized carbons (Fsp3) is 0.235. The average molecular weight is 284 g/mol. The van der Waals surface area contributed by atoms with E-state index in [4.69, 9.17) is 10.5 Å². The molecule has 2 aromatic carbocycles. The van der Waals surface area contributed by atoms with Crippen molar-refractivity contribution in [3.8, 4) is 5.75 Å². The molecule has 110 valence electrons. The van der Waals surface area contributed by atoms with Crippen molar-refractivity contribution in [3.63, 3.8) is 0 Å². The molecule has 4 nitrogen and oxygen atoms in total. The zero-order valence-corrected chi connectivity index (χ0v) is 12.1. The molecular weight excluding hydrogens is 264 g/mol. The van der Waals surface area contributed by atoms with Gasteiger partial charge in [0.1, 0.15) is 5.75 Å². The van der Waals surface area contributed by atoms with Crippen LogP contribution in [0.5, 0.6) is 5.75 Å². The van der Waals surface area contributed by atoms with Crippen LogP contribution in [0, 0.1) is 0 Å². The van der Waals surface area contributed by atoms with E-state index in [-0.39, 0.29) is 5.91 Å². The van der Waals surface area contributed by atoms with E-state index < -0.39 is 0 Å². The molecule has 0 bridgehead atoms. The Morgan fingerprint density at radius 2 is 1.86 bits per heavy atom. The molecule has 0 aliphatic rings. The topological polar surface area (TPSA) is 64.3 Å². The summed E-state index contributed by atoms with van der Waals surface area (Å²) in [5.74, 6) is 0.500. The van der Waals surface area contributed by atoms with Crippen molar-refractivity contribution in [1.29, 1.82) is 0 Å². The van der Waals surface area contributed by atoms with Gasteiger partial charge in [0.2, 0.25) is 0 Å². The SMILES string of the molecule is CCOc1ccccc1C(=O)NCCc1ccc(N)cc1. The first-order valence-electron chi connectivity index (χ1n) is 7.05. The predicted molar refractivity (Wildman–Crippen MR) is 84.5 cm³/mol. The number of carbonyl (C=O) groups is 1. The van der Waals surface area contributed by atoms with Crippen LogP contribution in [0.15, 0.2) is 48.5 Å². The van der Waals surface area contributed by atoms with Gasteiger partial charge in [0.05, 0.1) is 12.2 Å². The van der Waals surface area contributed by atoms with E-state index in [0.717, 1.165) is 17.7 Å². The maximum atomic E-state index is 12.2. The summed E-state index contributed by atoms with van der Waals surface area (Å²) in [6, 6.07) is 14.9. The molecule has 0 aliphatic carbocycles. The Hall–Kier alpha value is -2.49. The zero-order valence-electron chi connectivity index (χ0n) is 12.1. The van der Waals surface area contributed by atoms with Crippen molar-refractivity contribution in [2.24, 2.45) is 0 Å². The highest BCUT2D eigenvalue weighted by Gasteiger charge is 2.10. The molecule has 0 fully saturated rings. The van der Waals surface area contributed by atoms with Crippen molar-refractivity contribution in [2.75, 3.05) is 18.9 Å². The molecule has 0 saturated carbocycles. The van der Waals surface area contributed by atoms with Crippen LogP contribution in [-0.4, -0.2) is 19.1 Å². The Bertz CT molecular complexity index is 594. The predicted octanol–water partition coefficient (Wildman–Crippen LogP) is 2.64. The number of anilines is 1. The Kier molecular flexibility index (Phi) is 5.21. The highest BCUT2D eigenvalue weighted by atomic mass is 16.5. The molecule has 0 radical (unpaired) electrons. The van der Waals surface area contributed by atoms with Gasteiger partial charge in [0.25, 0.3) is 5.91 Å². The normalized spacial score (nSPS) is 10.1. The Balaban J connectivity index is 1.91. The molecule has 0 aromatic heterocycles. The summed E-state index contributed by atoms with van der Waals surface area (Å²) in [6.45, 7) is 3.01. The van der Waals surface area contributed by atoms with Crippen LogP contribution in [0.1, 0.15) is 22.8 Å². The minimum Gasteiger partial charge on any atom is -0.493 e. The van der Waals surface area contributed by atoms with E-state index in [1.807, 2.05) is 43.3 Å². The van der Waals surface area contributed by atoms with Gasteiger partial charge in [-0.3, -0.25) is 4.79 Å². The summed E-state index contributed by atoms with van der Waals surface area (Å²) in [7, 11) is 0. The number of para-hydroxylation sites is 1. The minimum absolute atomic E-state index is 0.116. The van der Waals surface area contributed by atoms with Gasteiger partial charge in [-0.2, -0.15) is 0 Å². The molecule has 0 unspecified atom stereocenters. The van der Waals surface area contributed by atoms with Gasteiger partial charge in [-0.15, -0.1) is 0 Å². The van der Waals surface area contributed by atoms with Crippen LogP contribution >= 0.6 is 0 Å². The van der Waals surface area contributed by atoms with Crippen molar-refractivity contribution in [1.82, 2.24) is 5.32 Å². The second kappa shape index (κ2) is 7.33. The van der Waals surface area contributed by atoms with Gasteiger partial charge < -0.3 is 15.8 Å². The van der Waals surface area contributed by atoms with E-state index >= 15 is 0 Å². The van der Waals surface area contributed by atoms with Crippen LogP contribution in [-0.2, 0) is 6.42 Å². The molecule has 0 spiro atoms. The molecule has 0 atom stereocenters. The van der Waals surface area contributed by atoms with Crippen LogP contribution in [0.25, 0.3) is 0 Å². The molecule has 4 heteroatoms. The summed E-state index contributed by atoms with van der Waals surface area (Å²) >= 11 is 0. The van der Waals surface area contributed by atoms with Gasteiger partial charge in [0.15, 0.2) is 0 Å². The number of nitrogen functional groups attached to an aromatic ring is 1. The van der Waals surface area contributed by atoms with Gasteiger partial charge >= 0.3 is 0 Å². The number of ether oxygens (including phenoxy) is 1. The Morgan fingerprint density at radius 3 is 2.57 bits per heavy atom. The molecule has 0 heterocycles. The number of nitrogens with two attached hydrogens (primary N) is 1. The third kappa shape index (κ3) is 4.24. The van der Waals surface area contributed by atoms with Crippen molar-refractivity contribution in [2.45, 2.75) is 13.3 Å². The lowest BCUT2D eigenvalue weighted by Gasteiger charge is -2.10. The number of carbonyl (C=O) groups excluding carboxylic acids is 1. The Morgan fingerprint density at radius 1 is 1.14 bits per heavy atom. The Labute approximate surface area is 124 Å². The number of nitrogens with one attached hydrogen (secondary N) is 1. The van der Waals surface area contributed by atoms with Gasteiger partial charge in [0, 0.05) is 12.2 Å². The fourth-order valence-electron chi connectivity index (χ4n) is 2.04. The molecule has 1 amide bonds. The third-order valence-electron chi connectivity index (χ3n) is 3.11. The first-order valence-corrected chi connectivity index (χ1v) is 7.05. The highest BCUT2D eigenvalue weighted by Crippen LogP contribution is 2.17. The minimum atomic E-state index is -0.116. The van der Waals surface area contributed by atoms with Gasteiger partial charge in [-0.25, -0.2) is 0 Å². The summed E-state index contributed by atoms with van der Waals surface area (Å²) in [5.41, 5.74) is 8.09. The average Bonchev–Trinajstić information content (AvgIpc) is 2.50. The van der Waals surface area contributed by atoms with Crippen molar-refractivity contribution >= 4 is 11.6 Å². The van der Waals surface area contributed by atoms with Crippen LogP contribution < -0.4 is 15.8 Å². The standard InChI is InChI=1S/C17H20N2O2/c1-2-21-16-6-4-3-5-15(16)17(20)19-12-11-13-7-9-14(18)10-8-13/h3-10H,2,11-12,18H2,1H3,(H,19,20). The van der Waals surface area contributed by atoms with Crippen molar-refractivity contribution in [3.05, 3.63) is 59.7 Å². The van der Waals surface area contributed by atoms with E-state index in [2.05, 4.69) is 5.32 Å². The lowest BCUT2D eigenvalue weighted by atomic mass is 10.1. The zero-order chi connectivity index (χ0) is 15.1. The van der Waals surface area contributed by atoms with Gasteiger partial charge in [-0.05, 0) is 43.2 Å². The lowest BCUT2D eigenvalue weighted by molar-refractivity contribution is 0.0950. The number of hydrogen-bond donors (Lipinski definition) is 2. The fourth-order valence-corrected chi connectivity index (χ4v) is 2.04. The van der Waals surface area contributed by atoms with Crippen LogP contribution in [0.4, 0.5) is 5.69 Å². The van der Waals surface area contributed by atoms with E-state index in [9.17, 15) is 4.79 Å². The van der Waals surface area contributed by atoms with E-state index in [0.29, 0.717) is 24.5 Å². The molecule has 2 rings (SSSR count). The second-order valence-electron chi connectivity index (χ2n) is 4.68. The first-order chi connectivity index (χ1) is 10.2. The molecule has 3 N–H and O–H groups in total. The smallest absolute Gasteiger partial charge is 0.255 e. The number of hydrogen-bond acceptors (Lipinski definition) is 3. The monoisotopic (exact) mass is 284 g/mol. The molecule has 0 aliphatic heterocycles. The number of rotatable bonds is 6. The largest absolute Gasteiger partial charge is 0.493 e. The molecular formula is C17H20N2O2. The maximum Gasteiger partial charge on any atom is 0.255 e. The first kappa shape index (κ1) is 14.9. The second-order valence-corrected chi connectivity index (χ2v) is 4.68. The maximum absolute atomic E-state index is 12.2. The molecule has 0 saturated heterocycles. The summed E-state index contributed by atoms with van der Waals surface area (Å²) in [4.78, 5) is 12.2. The summed E-state index contributed by atoms with van der Waals surface area (Å²) < 4.78 is 5.46. The summed E-state index contributed by atoms with van der Waals surface area (Å²) in [5, 5.41) is 2.91. The molecule has 2 aromatic rings. The van der Waals surface area contributed by atoms with Crippen LogP contribution in [0.2, 0.25) is 0 Å². The van der Waals surface area contributed by atoms with E-state index in [1.54, 1.807) is 12.1 Å².